The molecule has 0 aliphatic carbocycles. The molecule has 2 aromatic carbocycles. The van der Waals surface area contributed by atoms with E-state index in [4.69, 9.17) is 4.74 Å². The monoisotopic (exact) mass is 673 g/mol. The summed E-state index contributed by atoms with van der Waals surface area (Å²) in [6, 6.07) is 11.9. The molecule has 49 heavy (non-hydrogen) atoms. The second-order valence-corrected chi connectivity index (χ2v) is 12.8. The fraction of sp³-hybridized carbons (Fsp3) is 0.444. The van der Waals surface area contributed by atoms with E-state index in [0.29, 0.717) is 6.42 Å². The molecule has 1 aliphatic heterocycles. The molecule has 13 nitrogen and oxygen atoms in total. The molecule has 1 aliphatic rings. The SMILES string of the molecule is Cc1nn(C)c(C)c1CCNC(=O)[C@@H]1CC(=O)N[C@@H](Cc2ccccc2)C(=O)N[C@H](C(C)C)C(=O)N[C@@H](C)COc2ccccc2C(=O)N1. The standard InChI is InChI=1S/C36H47N7O6/c1-21(2)32-36(48)38-22(3)20-49-30-15-11-10-14-27(30)33(45)40-29(34(46)37-17-16-26-23(4)42-43(6)24(26)5)19-31(44)39-28(35(47)41-32)18-25-12-8-7-9-13-25/h7-15,21-22,28-29,32H,16-20H2,1-6H3,(H,37,46)(H,38,48)(H,39,44)(H,40,45)(H,41,47)/t22-,28-,29-,32+/m0/s1. The van der Waals surface area contributed by atoms with E-state index in [-0.39, 0.29) is 36.8 Å². The third-order valence-electron chi connectivity index (χ3n) is 8.53. The van der Waals surface area contributed by atoms with Gasteiger partial charge in [-0.25, -0.2) is 0 Å². The lowest BCUT2D eigenvalue weighted by Crippen LogP contribution is -2.57. The summed E-state index contributed by atoms with van der Waals surface area (Å²) in [6.45, 7) is 9.50. The van der Waals surface area contributed by atoms with Crippen molar-refractivity contribution in [1.29, 1.82) is 0 Å². The van der Waals surface area contributed by atoms with E-state index in [2.05, 4.69) is 31.7 Å². The van der Waals surface area contributed by atoms with Gasteiger partial charge in [0.2, 0.25) is 23.6 Å². The minimum absolute atomic E-state index is 0.0303. The fourth-order valence-electron chi connectivity index (χ4n) is 5.71. The Kier molecular flexibility index (Phi) is 12.5. The van der Waals surface area contributed by atoms with Crippen molar-refractivity contribution in [3.05, 3.63) is 82.7 Å². The Morgan fingerprint density at radius 3 is 2.33 bits per heavy atom. The van der Waals surface area contributed by atoms with E-state index >= 15 is 0 Å². The zero-order valence-corrected chi connectivity index (χ0v) is 29.0. The number of amides is 5. The highest BCUT2D eigenvalue weighted by Crippen LogP contribution is 2.19. The van der Waals surface area contributed by atoms with Crippen LogP contribution in [-0.4, -0.2) is 76.6 Å². The van der Waals surface area contributed by atoms with Crippen molar-refractivity contribution >= 4 is 29.5 Å². The number of aromatic nitrogens is 2. The second kappa shape index (κ2) is 16.8. The summed E-state index contributed by atoms with van der Waals surface area (Å²) in [6.07, 6.45) is 0.187. The number of rotatable bonds is 7. The summed E-state index contributed by atoms with van der Waals surface area (Å²) in [5.74, 6) is -2.82. The smallest absolute Gasteiger partial charge is 0.255 e. The molecule has 2 heterocycles. The van der Waals surface area contributed by atoms with Crippen molar-refractivity contribution in [3.63, 3.8) is 0 Å². The number of fused-ring (bicyclic) bond motifs is 1. The molecule has 5 amide bonds. The second-order valence-electron chi connectivity index (χ2n) is 12.8. The Morgan fingerprint density at radius 2 is 1.65 bits per heavy atom. The highest BCUT2D eigenvalue weighted by atomic mass is 16.5. The molecule has 0 radical (unpaired) electrons. The molecule has 0 unspecified atom stereocenters. The maximum absolute atomic E-state index is 13.7. The molecule has 4 atom stereocenters. The van der Waals surface area contributed by atoms with E-state index in [1.165, 1.54) is 0 Å². The number of nitrogens with one attached hydrogen (secondary N) is 5. The van der Waals surface area contributed by atoms with Gasteiger partial charge in [0.05, 0.1) is 23.7 Å². The van der Waals surface area contributed by atoms with Crippen LogP contribution in [0.2, 0.25) is 0 Å². The average molecular weight is 674 g/mol. The molecule has 0 fully saturated rings. The molecular weight excluding hydrogens is 626 g/mol. The van der Waals surface area contributed by atoms with Crippen molar-refractivity contribution < 1.29 is 28.7 Å². The van der Waals surface area contributed by atoms with Gasteiger partial charge >= 0.3 is 0 Å². The highest BCUT2D eigenvalue weighted by Gasteiger charge is 2.32. The largest absolute Gasteiger partial charge is 0.491 e. The minimum atomic E-state index is -1.28. The predicted octanol–water partition coefficient (Wildman–Crippen LogP) is 1.65. The lowest BCUT2D eigenvalue weighted by atomic mass is 10.0. The maximum atomic E-state index is 13.7. The number of carbonyl (C=O) groups is 5. The molecule has 13 heteroatoms. The van der Waals surface area contributed by atoms with Crippen LogP contribution >= 0.6 is 0 Å². The minimum Gasteiger partial charge on any atom is -0.491 e. The van der Waals surface area contributed by atoms with Gasteiger partial charge in [0.25, 0.3) is 5.91 Å². The van der Waals surface area contributed by atoms with Crippen LogP contribution in [-0.2, 0) is 39.1 Å². The van der Waals surface area contributed by atoms with Gasteiger partial charge in [-0.15, -0.1) is 0 Å². The first-order chi connectivity index (χ1) is 23.3. The Balaban J connectivity index is 1.64. The first kappa shape index (κ1) is 36.6. The molecular formula is C36H47N7O6. The number of para-hydroxylation sites is 1. The zero-order chi connectivity index (χ0) is 35.7. The van der Waals surface area contributed by atoms with Crippen LogP contribution in [0, 0.1) is 19.8 Å². The van der Waals surface area contributed by atoms with Crippen molar-refractivity contribution in [2.45, 2.75) is 78.0 Å². The Labute approximate surface area is 286 Å². The first-order valence-corrected chi connectivity index (χ1v) is 16.6. The van der Waals surface area contributed by atoms with E-state index < -0.39 is 60.1 Å². The van der Waals surface area contributed by atoms with Crippen LogP contribution in [0.15, 0.2) is 54.6 Å². The molecule has 3 aromatic rings. The van der Waals surface area contributed by atoms with E-state index in [1.807, 2.05) is 65.1 Å². The zero-order valence-electron chi connectivity index (χ0n) is 29.0. The number of benzene rings is 2. The molecule has 262 valence electrons. The lowest BCUT2D eigenvalue weighted by Gasteiger charge is -2.27. The van der Waals surface area contributed by atoms with Gasteiger partial charge < -0.3 is 31.3 Å². The summed E-state index contributed by atoms with van der Waals surface area (Å²) in [5, 5.41) is 18.4. The van der Waals surface area contributed by atoms with E-state index in [9.17, 15) is 24.0 Å². The van der Waals surface area contributed by atoms with Gasteiger partial charge in [0.15, 0.2) is 0 Å². The summed E-state index contributed by atoms with van der Waals surface area (Å²) in [5.41, 5.74) is 3.77. The van der Waals surface area contributed by atoms with Gasteiger partial charge in [-0.05, 0) is 56.4 Å². The van der Waals surface area contributed by atoms with Gasteiger partial charge in [-0.2, -0.15) is 5.10 Å². The molecule has 4 rings (SSSR count). The van der Waals surface area contributed by atoms with Crippen molar-refractivity contribution in [1.82, 2.24) is 36.4 Å². The van der Waals surface area contributed by atoms with Gasteiger partial charge in [0, 0.05) is 25.7 Å². The van der Waals surface area contributed by atoms with Crippen LogP contribution in [0.3, 0.4) is 0 Å². The van der Waals surface area contributed by atoms with Crippen LogP contribution < -0.4 is 31.3 Å². The van der Waals surface area contributed by atoms with Crippen LogP contribution in [0.4, 0.5) is 0 Å². The van der Waals surface area contributed by atoms with Gasteiger partial charge in [-0.1, -0.05) is 56.3 Å². The van der Waals surface area contributed by atoms with Crippen molar-refractivity contribution in [3.8, 4) is 5.75 Å². The molecule has 0 saturated heterocycles. The van der Waals surface area contributed by atoms with Crippen LogP contribution in [0.1, 0.15) is 60.1 Å². The third-order valence-corrected chi connectivity index (χ3v) is 8.53. The lowest BCUT2D eigenvalue weighted by molar-refractivity contribution is -0.133. The Bertz CT molecular complexity index is 1650. The van der Waals surface area contributed by atoms with Crippen molar-refractivity contribution in [2.24, 2.45) is 13.0 Å². The normalized spacial score (nSPS) is 21.0. The van der Waals surface area contributed by atoms with E-state index in [0.717, 1.165) is 22.5 Å². The van der Waals surface area contributed by atoms with Gasteiger partial charge in [0.1, 0.15) is 30.5 Å². The summed E-state index contributed by atoms with van der Waals surface area (Å²) in [7, 11) is 1.85. The average Bonchev–Trinajstić information content (AvgIpc) is 3.31. The summed E-state index contributed by atoms with van der Waals surface area (Å²) >= 11 is 0. The van der Waals surface area contributed by atoms with Crippen LogP contribution in [0.5, 0.6) is 5.75 Å². The van der Waals surface area contributed by atoms with E-state index in [1.54, 1.807) is 35.9 Å². The number of carbonyl (C=O) groups excluding carboxylic acids is 5. The third kappa shape index (κ3) is 9.91. The molecule has 0 bridgehead atoms. The molecule has 0 saturated carbocycles. The number of ether oxygens (including phenoxy) is 1. The number of hydrogen-bond acceptors (Lipinski definition) is 7. The summed E-state index contributed by atoms with van der Waals surface area (Å²) < 4.78 is 7.73. The van der Waals surface area contributed by atoms with Crippen molar-refractivity contribution in [2.75, 3.05) is 13.2 Å². The topological polar surface area (TPSA) is 173 Å². The van der Waals surface area contributed by atoms with Crippen LogP contribution in [0.25, 0.3) is 0 Å². The Morgan fingerprint density at radius 1 is 0.959 bits per heavy atom. The van der Waals surface area contributed by atoms with Gasteiger partial charge in [-0.3, -0.25) is 28.7 Å². The number of hydrogen-bond donors (Lipinski definition) is 5. The highest BCUT2D eigenvalue weighted by molar-refractivity contribution is 6.01. The fourth-order valence-corrected chi connectivity index (χ4v) is 5.71. The quantitative estimate of drug-likeness (QED) is 0.254. The molecule has 0 spiro atoms. The summed E-state index contributed by atoms with van der Waals surface area (Å²) in [4.78, 5) is 67.9. The molecule has 5 N–H and O–H groups in total. The Hall–Kier alpha value is -5.20. The first-order valence-electron chi connectivity index (χ1n) is 16.6. The number of aryl methyl sites for hydroxylation is 2. The number of nitrogens with zero attached hydrogens (tertiary/aromatic N) is 2. The maximum Gasteiger partial charge on any atom is 0.255 e. The predicted molar refractivity (Wildman–Crippen MR) is 184 cm³/mol. The molecule has 1 aromatic heterocycles.